The van der Waals surface area contributed by atoms with E-state index in [2.05, 4.69) is 25.5 Å². The van der Waals surface area contributed by atoms with Crippen LogP contribution in [0.5, 0.6) is 0 Å². The molecule has 0 spiro atoms. The van der Waals surface area contributed by atoms with Gasteiger partial charge in [0.05, 0.1) is 22.2 Å². The first-order valence-electron chi connectivity index (χ1n) is 7.79. The van der Waals surface area contributed by atoms with Crippen molar-refractivity contribution in [2.45, 2.75) is 10.2 Å². The summed E-state index contributed by atoms with van der Waals surface area (Å²) in [6.07, 6.45) is 2.65. The van der Waals surface area contributed by atoms with Crippen LogP contribution in [0.2, 0.25) is 0 Å². The number of furan rings is 1. The summed E-state index contributed by atoms with van der Waals surface area (Å²) in [5, 5.41) is 16.0. The summed E-state index contributed by atoms with van der Waals surface area (Å²) < 4.78 is 5.68. The standard InChI is InChI=1S/C17H12N6O3S/c24-23(25)11-5-7-15(18-9-11)22-19-10-12-6-8-16(26-12)27-17-20-13-3-1-2-4-14(13)21-17/h1-10H,(H,18,22)(H,20,21). The number of rotatable bonds is 6. The molecule has 0 atom stereocenters. The van der Waals surface area contributed by atoms with Crippen LogP contribution in [0.3, 0.4) is 0 Å². The fourth-order valence-electron chi connectivity index (χ4n) is 2.25. The molecule has 0 saturated carbocycles. The Bertz CT molecular complexity index is 1090. The molecule has 0 aliphatic carbocycles. The number of imidazole rings is 1. The molecule has 10 heteroatoms. The molecule has 0 aliphatic heterocycles. The molecule has 3 heterocycles. The number of hydrazone groups is 1. The van der Waals surface area contributed by atoms with Crippen LogP contribution < -0.4 is 5.43 Å². The highest BCUT2D eigenvalue weighted by atomic mass is 32.2. The summed E-state index contributed by atoms with van der Waals surface area (Å²) in [4.78, 5) is 21.7. The van der Waals surface area contributed by atoms with Crippen molar-refractivity contribution in [2.24, 2.45) is 5.10 Å². The van der Waals surface area contributed by atoms with Crippen molar-refractivity contribution in [3.05, 3.63) is 70.6 Å². The van der Waals surface area contributed by atoms with Crippen molar-refractivity contribution >= 4 is 40.5 Å². The number of aromatic nitrogens is 3. The molecule has 0 saturated heterocycles. The zero-order valence-corrected chi connectivity index (χ0v) is 14.5. The van der Waals surface area contributed by atoms with E-state index in [-0.39, 0.29) is 5.69 Å². The molecule has 0 bridgehead atoms. The number of nitro groups is 1. The average Bonchev–Trinajstić information content (AvgIpc) is 3.28. The predicted octanol–water partition coefficient (Wildman–Crippen LogP) is 4.06. The van der Waals surface area contributed by atoms with Gasteiger partial charge in [-0.15, -0.1) is 0 Å². The molecule has 27 heavy (non-hydrogen) atoms. The lowest BCUT2D eigenvalue weighted by Crippen LogP contribution is -1.94. The normalized spacial score (nSPS) is 11.3. The summed E-state index contributed by atoms with van der Waals surface area (Å²) in [7, 11) is 0. The first-order valence-corrected chi connectivity index (χ1v) is 8.61. The second-order valence-electron chi connectivity index (χ2n) is 5.35. The van der Waals surface area contributed by atoms with Crippen molar-refractivity contribution in [3.8, 4) is 0 Å². The van der Waals surface area contributed by atoms with Crippen LogP contribution in [0.25, 0.3) is 11.0 Å². The van der Waals surface area contributed by atoms with Crippen molar-refractivity contribution < 1.29 is 9.34 Å². The summed E-state index contributed by atoms with van der Waals surface area (Å²) >= 11 is 1.38. The van der Waals surface area contributed by atoms with Gasteiger partial charge in [0, 0.05) is 6.07 Å². The lowest BCUT2D eigenvalue weighted by molar-refractivity contribution is -0.385. The fourth-order valence-corrected chi connectivity index (χ4v) is 3.02. The molecule has 0 fully saturated rings. The molecule has 1 aromatic carbocycles. The number of hydrogen-bond donors (Lipinski definition) is 2. The number of anilines is 1. The van der Waals surface area contributed by atoms with Crippen LogP contribution in [0.1, 0.15) is 5.76 Å². The van der Waals surface area contributed by atoms with Gasteiger partial charge in [-0.05, 0) is 42.1 Å². The summed E-state index contributed by atoms with van der Waals surface area (Å²) in [6.45, 7) is 0. The Hall–Kier alpha value is -3.66. The average molecular weight is 380 g/mol. The molecule has 2 N–H and O–H groups in total. The number of fused-ring (bicyclic) bond motifs is 1. The Labute approximate surface area is 156 Å². The number of H-pyrrole nitrogens is 1. The molecule has 4 aromatic rings. The van der Waals surface area contributed by atoms with Gasteiger partial charge in [-0.1, -0.05) is 12.1 Å². The van der Waals surface area contributed by atoms with Crippen LogP contribution in [0.4, 0.5) is 11.5 Å². The van der Waals surface area contributed by atoms with E-state index >= 15 is 0 Å². The Morgan fingerprint density at radius 2 is 2.11 bits per heavy atom. The summed E-state index contributed by atoms with van der Waals surface area (Å²) in [6, 6.07) is 14.2. The molecule has 9 nitrogen and oxygen atoms in total. The Morgan fingerprint density at radius 3 is 2.89 bits per heavy atom. The molecule has 0 unspecified atom stereocenters. The zero-order valence-electron chi connectivity index (χ0n) is 13.7. The maximum Gasteiger partial charge on any atom is 0.287 e. The molecule has 0 aliphatic rings. The molecule has 3 aromatic heterocycles. The van der Waals surface area contributed by atoms with Gasteiger partial charge >= 0.3 is 0 Å². The predicted molar refractivity (Wildman–Crippen MR) is 101 cm³/mol. The van der Waals surface area contributed by atoms with Crippen molar-refractivity contribution in [2.75, 3.05) is 5.43 Å². The van der Waals surface area contributed by atoms with Gasteiger partial charge in [-0.25, -0.2) is 9.97 Å². The number of aromatic amines is 1. The zero-order chi connectivity index (χ0) is 18.6. The van der Waals surface area contributed by atoms with Crippen molar-refractivity contribution in [3.63, 3.8) is 0 Å². The topological polar surface area (TPSA) is 122 Å². The third-order valence-electron chi connectivity index (χ3n) is 3.50. The lowest BCUT2D eigenvalue weighted by Gasteiger charge is -1.97. The highest BCUT2D eigenvalue weighted by Crippen LogP contribution is 2.28. The number of hydrogen-bond acceptors (Lipinski definition) is 8. The smallest absolute Gasteiger partial charge is 0.287 e. The number of nitrogens with zero attached hydrogens (tertiary/aromatic N) is 4. The van der Waals surface area contributed by atoms with E-state index in [1.807, 2.05) is 30.3 Å². The van der Waals surface area contributed by atoms with Crippen LogP contribution in [0.15, 0.2) is 74.5 Å². The quantitative estimate of drug-likeness (QED) is 0.294. The minimum atomic E-state index is -0.510. The molecule has 134 valence electrons. The van der Waals surface area contributed by atoms with E-state index < -0.39 is 4.92 Å². The van der Waals surface area contributed by atoms with Gasteiger partial charge in [0.2, 0.25) is 0 Å². The van der Waals surface area contributed by atoms with E-state index in [1.54, 1.807) is 6.07 Å². The molecule has 4 rings (SSSR count). The third-order valence-corrected chi connectivity index (χ3v) is 4.30. The second kappa shape index (κ2) is 7.30. The molecule has 0 radical (unpaired) electrons. The molecule has 0 amide bonds. The lowest BCUT2D eigenvalue weighted by atomic mass is 10.3. The maximum absolute atomic E-state index is 10.6. The molecular weight excluding hydrogens is 368 g/mol. The largest absolute Gasteiger partial charge is 0.448 e. The van der Waals surface area contributed by atoms with E-state index in [0.717, 1.165) is 22.4 Å². The van der Waals surface area contributed by atoms with Crippen LogP contribution >= 0.6 is 11.8 Å². The van der Waals surface area contributed by atoms with E-state index in [4.69, 9.17) is 4.42 Å². The van der Waals surface area contributed by atoms with Crippen LogP contribution in [-0.4, -0.2) is 26.1 Å². The highest BCUT2D eigenvalue weighted by Gasteiger charge is 2.08. The Balaban J connectivity index is 1.38. The number of pyridine rings is 1. The Morgan fingerprint density at radius 1 is 1.22 bits per heavy atom. The maximum atomic E-state index is 10.6. The number of nitrogens with one attached hydrogen (secondary N) is 2. The van der Waals surface area contributed by atoms with Crippen molar-refractivity contribution in [1.29, 1.82) is 0 Å². The summed E-state index contributed by atoms with van der Waals surface area (Å²) in [5.41, 5.74) is 4.47. The van der Waals surface area contributed by atoms with Crippen LogP contribution in [-0.2, 0) is 0 Å². The fraction of sp³-hybridized carbons (Fsp3) is 0. The number of benzene rings is 1. The number of para-hydroxylation sites is 2. The minimum absolute atomic E-state index is 0.0807. The van der Waals surface area contributed by atoms with Gasteiger partial charge in [0.1, 0.15) is 17.8 Å². The first kappa shape index (κ1) is 16.8. The van der Waals surface area contributed by atoms with Crippen molar-refractivity contribution in [1.82, 2.24) is 15.0 Å². The van der Waals surface area contributed by atoms with Gasteiger partial charge in [0.25, 0.3) is 5.69 Å². The minimum Gasteiger partial charge on any atom is -0.448 e. The monoisotopic (exact) mass is 380 g/mol. The van der Waals surface area contributed by atoms with E-state index in [9.17, 15) is 10.1 Å². The first-order chi connectivity index (χ1) is 13.2. The molecular formula is C17H12N6O3S. The second-order valence-corrected chi connectivity index (χ2v) is 6.34. The SMILES string of the molecule is O=[N+]([O-])c1ccc(NN=Cc2ccc(Sc3nc4ccccc4[nH]3)o2)nc1. The van der Waals surface area contributed by atoms with Gasteiger partial charge in [0.15, 0.2) is 10.2 Å². The highest BCUT2D eigenvalue weighted by molar-refractivity contribution is 7.99. The van der Waals surface area contributed by atoms with Gasteiger partial charge in [-0.3, -0.25) is 15.5 Å². The van der Waals surface area contributed by atoms with Gasteiger partial charge in [-0.2, -0.15) is 5.10 Å². The Kier molecular flexibility index (Phi) is 4.54. The van der Waals surface area contributed by atoms with E-state index in [0.29, 0.717) is 16.7 Å². The van der Waals surface area contributed by atoms with Gasteiger partial charge < -0.3 is 9.40 Å². The van der Waals surface area contributed by atoms with Crippen LogP contribution in [0, 0.1) is 10.1 Å². The summed E-state index contributed by atoms with van der Waals surface area (Å²) in [5.74, 6) is 0.934. The third kappa shape index (κ3) is 3.96. The van der Waals surface area contributed by atoms with E-state index in [1.165, 1.54) is 30.1 Å².